The predicted molar refractivity (Wildman–Crippen MR) is 79.4 cm³/mol. The highest BCUT2D eigenvalue weighted by molar-refractivity contribution is 5.74. The van der Waals surface area contributed by atoms with Crippen molar-refractivity contribution in [1.29, 1.82) is 0 Å². The second-order valence-corrected chi connectivity index (χ2v) is 5.77. The molecule has 1 aliphatic rings. The maximum Gasteiger partial charge on any atom is 0.416 e. The average Bonchev–Trinajstić information content (AvgIpc) is 3.19. The van der Waals surface area contributed by atoms with E-state index < -0.39 is 29.8 Å². The minimum Gasteiger partial charge on any atom is -0.480 e. The molecule has 0 amide bonds. The molecule has 128 valence electrons. The summed E-state index contributed by atoms with van der Waals surface area (Å²) in [6, 6.07) is 6.97. The Labute approximate surface area is 136 Å². The average molecular weight is 339 g/mol. The smallest absolute Gasteiger partial charge is 0.416 e. The standard InChI is InChI=1S/C17H16F3NO3/c18-17(19,20)12-7-5-11(6-8-12)15(14-4-2-10-24-14)21-9-1-3-13(21)16(22)23/h2,4-8,10,13,15H,1,3,9H2,(H,22,23). The van der Waals surface area contributed by atoms with Crippen molar-refractivity contribution in [1.82, 2.24) is 4.90 Å². The van der Waals surface area contributed by atoms with Gasteiger partial charge in [-0.05, 0) is 42.7 Å². The zero-order valence-electron chi connectivity index (χ0n) is 12.7. The molecule has 2 aromatic rings. The number of nitrogens with zero attached hydrogens (tertiary/aromatic N) is 1. The minimum atomic E-state index is -4.41. The zero-order valence-corrected chi connectivity index (χ0v) is 12.7. The summed E-state index contributed by atoms with van der Waals surface area (Å²) in [6.45, 7) is 0.545. The molecule has 0 spiro atoms. The number of halogens is 3. The molecule has 2 atom stereocenters. The van der Waals surface area contributed by atoms with Crippen LogP contribution in [0.3, 0.4) is 0 Å². The number of alkyl halides is 3. The minimum absolute atomic E-state index is 0.507. The fourth-order valence-corrected chi connectivity index (χ4v) is 3.18. The zero-order chi connectivity index (χ0) is 17.3. The van der Waals surface area contributed by atoms with Gasteiger partial charge in [-0.3, -0.25) is 9.69 Å². The monoisotopic (exact) mass is 339 g/mol. The van der Waals surface area contributed by atoms with Crippen LogP contribution in [0.2, 0.25) is 0 Å². The Balaban J connectivity index is 1.98. The van der Waals surface area contributed by atoms with Crippen LogP contribution in [-0.2, 0) is 11.0 Å². The molecular formula is C17H16F3NO3. The lowest BCUT2D eigenvalue weighted by molar-refractivity contribution is -0.142. The van der Waals surface area contributed by atoms with Gasteiger partial charge in [-0.15, -0.1) is 0 Å². The Hall–Kier alpha value is -2.28. The van der Waals surface area contributed by atoms with Gasteiger partial charge in [0.2, 0.25) is 0 Å². The summed E-state index contributed by atoms with van der Waals surface area (Å²) < 4.78 is 43.7. The molecule has 1 aliphatic heterocycles. The van der Waals surface area contributed by atoms with Crippen LogP contribution in [-0.4, -0.2) is 28.6 Å². The molecule has 0 saturated carbocycles. The Morgan fingerprint density at radius 2 is 1.96 bits per heavy atom. The molecule has 0 bridgehead atoms. The lowest BCUT2D eigenvalue weighted by atomic mass is 10.00. The Morgan fingerprint density at radius 3 is 2.50 bits per heavy atom. The number of rotatable bonds is 4. The highest BCUT2D eigenvalue weighted by Gasteiger charge is 2.38. The van der Waals surface area contributed by atoms with E-state index >= 15 is 0 Å². The van der Waals surface area contributed by atoms with Crippen molar-refractivity contribution in [3.05, 3.63) is 59.5 Å². The normalized spacial score (nSPS) is 20.2. The third-order valence-corrected chi connectivity index (χ3v) is 4.28. The first-order chi connectivity index (χ1) is 11.4. The van der Waals surface area contributed by atoms with Crippen molar-refractivity contribution in [3.63, 3.8) is 0 Å². The van der Waals surface area contributed by atoms with Crippen molar-refractivity contribution in [2.75, 3.05) is 6.54 Å². The Bertz CT molecular complexity index is 695. The molecule has 4 nitrogen and oxygen atoms in total. The molecule has 0 aliphatic carbocycles. The first-order valence-corrected chi connectivity index (χ1v) is 7.57. The van der Waals surface area contributed by atoms with Crippen LogP contribution in [0.5, 0.6) is 0 Å². The van der Waals surface area contributed by atoms with Crippen molar-refractivity contribution >= 4 is 5.97 Å². The summed E-state index contributed by atoms with van der Waals surface area (Å²) in [5.41, 5.74) is -0.160. The van der Waals surface area contributed by atoms with Gasteiger partial charge in [0, 0.05) is 6.54 Å². The molecule has 7 heteroatoms. The molecule has 1 aromatic heterocycles. The number of hydrogen-bond acceptors (Lipinski definition) is 3. The molecule has 1 N–H and O–H groups in total. The van der Waals surface area contributed by atoms with Gasteiger partial charge in [0.1, 0.15) is 11.8 Å². The van der Waals surface area contributed by atoms with E-state index in [9.17, 15) is 23.1 Å². The van der Waals surface area contributed by atoms with Gasteiger partial charge < -0.3 is 9.52 Å². The lowest BCUT2D eigenvalue weighted by Crippen LogP contribution is -2.39. The maximum absolute atomic E-state index is 12.8. The van der Waals surface area contributed by atoms with Crippen molar-refractivity contribution < 1.29 is 27.5 Å². The van der Waals surface area contributed by atoms with Crippen LogP contribution < -0.4 is 0 Å². The largest absolute Gasteiger partial charge is 0.480 e. The predicted octanol–water partition coefficient (Wildman–Crippen LogP) is 3.94. The van der Waals surface area contributed by atoms with Crippen molar-refractivity contribution in [3.8, 4) is 0 Å². The summed E-state index contributed by atoms with van der Waals surface area (Å²) in [6.07, 6.45) is -1.71. The highest BCUT2D eigenvalue weighted by Crippen LogP contribution is 2.36. The second-order valence-electron chi connectivity index (χ2n) is 5.77. The molecule has 24 heavy (non-hydrogen) atoms. The van der Waals surface area contributed by atoms with Crippen LogP contribution in [0.15, 0.2) is 47.1 Å². The number of carboxylic acids is 1. The number of carboxylic acid groups (broad SMARTS) is 1. The molecule has 1 fully saturated rings. The number of aliphatic carboxylic acids is 1. The molecule has 2 unspecified atom stereocenters. The van der Waals surface area contributed by atoms with Crippen LogP contribution >= 0.6 is 0 Å². The number of hydrogen-bond donors (Lipinski definition) is 1. The quantitative estimate of drug-likeness (QED) is 0.917. The van der Waals surface area contributed by atoms with E-state index in [1.165, 1.54) is 18.4 Å². The molecule has 1 aromatic carbocycles. The number of carbonyl (C=O) groups is 1. The Morgan fingerprint density at radius 1 is 1.25 bits per heavy atom. The topological polar surface area (TPSA) is 53.7 Å². The lowest BCUT2D eigenvalue weighted by Gasteiger charge is -2.30. The first-order valence-electron chi connectivity index (χ1n) is 7.57. The summed E-state index contributed by atoms with van der Waals surface area (Å²) in [4.78, 5) is 13.2. The SMILES string of the molecule is O=C(O)C1CCCN1C(c1ccc(C(F)(F)F)cc1)c1ccco1. The van der Waals surface area contributed by atoms with E-state index in [4.69, 9.17) is 4.42 Å². The van der Waals surface area contributed by atoms with Crippen molar-refractivity contribution in [2.45, 2.75) is 31.1 Å². The van der Waals surface area contributed by atoms with E-state index in [-0.39, 0.29) is 0 Å². The van der Waals surface area contributed by atoms with Gasteiger partial charge in [-0.1, -0.05) is 12.1 Å². The fourth-order valence-electron chi connectivity index (χ4n) is 3.18. The number of furan rings is 1. The Kier molecular flexibility index (Phi) is 4.36. The molecule has 1 saturated heterocycles. The summed E-state index contributed by atoms with van der Waals surface area (Å²) in [5.74, 6) is -0.418. The molecule has 3 rings (SSSR count). The summed E-state index contributed by atoms with van der Waals surface area (Å²) >= 11 is 0. The van der Waals surface area contributed by atoms with E-state index in [2.05, 4.69) is 0 Å². The third kappa shape index (κ3) is 3.17. The van der Waals surface area contributed by atoms with Crippen LogP contribution in [0.1, 0.15) is 35.8 Å². The van der Waals surface area contributed by atoms with Crippen molar-refractivity contribution in [2.24, 2.45) is 0 Å². The molecule has 0 radical (unpaired) electrons. The highest BCUT2D eigenvalue weighted by atomic mass is 19.4. The van der Waals surface area contributed by atoms with E-state index in [1.807, 2.05) is 0 Å². The summed E-state index contributed by atoms with van der Waals surface area (Å²) in [7, 11) is 0. The number of likely N-dealkylation sites (tertiary alicyclic amines) is 1. The first kappa shape index (κ1) is 16.6. The molecular weight excluding hydrogens is 323 g/mol. The van der Waals surface area contributed by atoms with Crippen LogP contribution in [0.25, 0.3) is 0 Å². The van der Waals surface area contributed by atoms with Gasteiger partial charge in [-0.2, -0.15) is 13.2 Å². The van der Waals surface area contributed by atoms with Crippen LogP contribution in [0, 0.1) is 0 Å². The van der Waals surface area contributed by atoms with E-state index in [0.29, 0.717) is 24.3 Å². The molecule has 2 heterocycles. The number of benzene rings is 1. The van der Waals surface area contributed by atoms with Gasteiger partial charge >= 0.3 is 12.1 Å². The van der Waals surface area contributed by atoms with Gasteiger partial charge in [0.05, 0.1) is 17.9 Å². The summed E-state index contributed by atoms with van der Waals surface area (Å²) in [5, 5.41) is 9.41. The van der Waals surface area contributed by atoms with Gasteiger partial charge in [0.25, 0.3) is 0 Å². The third-order valence-electron chi connectivity index (χ3n) is 4.28. The van der Waals surface area contributed by atoms with Gasteiger partial charge in [0.15, 0.2) is 0 Å². The fraction of sp³-hybridized carbons (Fsp3) is 0.353. The van der Waals surface area contributed by atoms with E-state index in [0.717, 1.165) is 18.6 Å². The maximum atomic E-state index is 12.8. The van der Waals surface area contributed by atoms with Crippen LogP contribution in [0.4, 0.5) is 13.2 Å². The second kappa shape index (κ2) is 6.32. The van der Waals surface area contributed by atoms with E-state index in [1.54, 1.807) is 17.0 Å². The van der Waals surface area contributed by atoms with Gasteiger partial charge in [-0.25, -0.2) is 0 Å².